The van der Waals surface area contributed by atoms with Crippen molar-refractivity contribution in [3.05, 3.63) is 24.3 Å². The topological polar surface area (TPSA) is 67.6 Å². The molecule has 3 N–H and O–H groups in total. The van der Waals surface area contributed by atoms with Crippen LogP contribution in [0.4, 0.5) is 5.69 Å². The summed E-state index contributed by atoms with van der Waals surface area (Å²) < 4.78 is 5.38. The first-order valence-electron chi connectivity index (χ1n) is 6.59. The highest BCUT2D eigenvalue weighted by atomic mass is 35.5. The number of ether oxygens (including phenoxy) is 1. The number of benzene rings is 1. The number of anilines is 1. The van der Waals surface area contributed by atoms with Crippen LogP contribution in [0.15, 0.2) is 24.3 Å². The van der Waals surface area contributed by atoms with Gasteiger partial charge in [-0.1, -0.05) is 12.1 Å². The van der Waals surface area contributed by atoms with Crippen LogP contribution in [0.1, 0.15) is 6.42 Å². The Kier molecular flexibility index (Phi) is 9.17. The summed E-state index contributed by atoms with van der Waals surface area (Å²) in [6.07, 6.45) is 1.07. The fraction of sp³-hybridized carbons (Fsp3) is 0.500. The quantitative estimate of drug-likeness (QED) is 0.854. The Labute approximate surface area is 138 Å². The van der Waals surface area contributed by atoms with Gasteiger partial charge in [-0.25, -0.2) is 0 Å². The second kappa shape index (κ2) is 9.71. The molecule has 120 valence electrons. The number of methoxy groups -OCH3 is 1. The maximum Gasteiger partial charge on any atom is 0.233 e. The summed E-state index contributed by atoms with van der Waals surface area (Å²) in [6.45, 7) is 2.68. The Balaban J connectivity index is 0.00000200. The van der Waals surface area contributed by atoms with Gasteiger partial charge in [-0.2, -0.15) is 0 Å². The van der Waals surface area contributed by atoms with Crippen LogP contribution in [-0.4, -0.2) is 39.2 Å². The zero-order valence-electron chi connectivity index (χ0n) is 12.1. The van der Waals surface area contributed by atoms with Crippen molar-refractivity contribution >= 4 is 36.4 Å². The maximum absolute atomic E-state index is 11.2. The second-order valence-corrected chi connectivity index (χ2v) is 4.78. The molecule has 1 amide bonds. The molecular weight excluding hydrogens is 313 g/mol. The fourth-order valence-corrected chi connectivity index (χ4v) is 2.44. The minimum atomic E-state index is -0.0873. The third-order valence-corrected chi connectivity index (χ3v) is 3.49. The van der Waals surface area contributed by atoms with Gasteiger partial charge >= 0.3 is 0 Å². The number of amides is 1. The van der Waals surface area contributed by atoms with E-state index in [2.05, 4.69) is 16.3 Å². The van der Waals surface area contributed by atoms with Crippen LogP contribution in [-0.2, 0) is 4.79 Å². The standard InChI is InChI=1S/C14H21N3O2.2ClH/c1-19-13-5-3-2-4-12(13)17-7-6-11(10-17)9-16-14(18)8-15;;/h2-5,11H,6-10,15H2,1H3,(H,16,18);2*1H. The van der Waals surface area contributed by atoms with Crippen molar-refractivity contribution in [2.45, 2.75) is 6.42 Å². The first-order valence-corrected chi connectivity index (χ1v) is 6.59. The van der Waals surface area contributed by atoms with Crippen molar-refractivity contribution in [3.8, 4) is 5.75 Å². The van der Waals surface area contributed by atoms with E-state index in [4.69, 9.17) is 10.5 Å². The molecule has 0 bridgehead atoms. The summed E-state index contributed by atoms with van der Waals surface area (Å²) in [7, 11) is 1.69. The van der Waals surface area contributed by atoms with Gasteiger partial charge in [0.05, 0.1) is 19.3 Å². The minimum Gasteiger partial charge on any atom is -0.495 e. The number of carbonyl (C=O) groups excluding carboxylic acids is 1. The van der Waals surface area contributed by atoms with Crippen molar-refractivity contribution in [1.29, 1.82) is 0 Å². The van der Waals surface area contributed by atoms with Gasteiger partial charge in [-0.05, 0) is 24.5 Å². The molecule has 1 aliphatic rings. The highest BCUT2D eigenvalue weighted by molar-refractivity contribution is 5.85. The number of hydrogen-bond acceptors (Lipinski definition) is 4. The number of carbonyl (C=O) groups is 1. The van der Waals surface area contributed by atoms with Crippen LogP contribution in [0.2, 0.25) is 0 Å². The number of hydrogen-bond donors (Lipinski definition) is 2. The van der Waals surface area contributed by atoms with E-state index in [1.54, 1.807) is 7.11 Å². The highest BCUT2D eigenvalue weighted by Gasteiger charge is 2.24. The van der Waals surface area contributed by atoms with Gasteiger partial charge in [0.2, 0.25) is 5.91 Å². The molecule has 7 heteroatoms. The van der Waals surface area contributed by atoms with Gasteiger partial charge in [0.15, 0.2) is 0 Å². The summed E-state index contributed by atoms with van der Waals surface area (Å²) in [5.74, 6) is 1.28. The van der Waals surface area contributed by atoms with Crippen LogP contribution in [0, 0.1) is 5.92 Å². The predicted molar refractivity (Wildman–Crippen MR) is 89.9 cm³/mol. The molecule has 0 aromatic heterocycles. The van der Waals surface area contributed by atoms with Crippen molar-refractivity contribution in [2.24, 2.45) is 11.7 Å². The van der Waals surface area contributed by atoms with Gasteiger partial charge in [0.25, 0.3) is 0 Å². The Hall–Kier alpha value is -1.17. The lowest BCUT2D eigenvalue weighted by Crippen LogP contribution is -2.35. The Morgan fingerprint density at radius 1 is 1.43 bits per heavy atom. The molecule has 1 aliphatic heterocycles. The van der Waals surface area contributed by atoms with Crippen LogP contribution in [0.3, 0.4) is 0 Å². The summed E-state index contributed by atoms with van der Waals surface area (Å²) >= 11 is 0. The van der Waals surface area contributed by atoms with E-state index in [0.29, 0.717) is 12.5 Å². The van der Waals surface area contributed by atoms with E-state index in [9.17, 15) is 4.79 Å². The van der Waals surface area contributed by atoms with E-state index in [1.165, 1.54) is 0 Å². The van der Waals surface area contributed by atoms with Gasteiger partial charge in [0.1, 0.15) is 5.75 Å². The molecule has 1 aromatic rings. The fourth-order valence-electron chi connectivity index (χ4n) is 2.44. The molecule has 1 saturated heterocycles. The molecule has 0 radical (unpaired) electrons. The summed E-state index contributed by atoms with van der Waals surface area (Å²) in [6, 6.07) is 8.03. The molecule has 0 saturated carbocycles. The van der Waals surface area contributed by atoms with Crippen LogP contribution >= 0.6 is 24.8 Å². The van der Waals surface area contributed by atoms with Crippen LogP contribution < -0.4 is 20.7 Å². The number of halogens is 2. The average molecular weight is 336 g/mol. The van der Waals surface area contributed by atoms with E-state index in [-0.39, 0.29) is 37.3 Å². The van der Waals surface area contributed by atoms with E-state index < -0.39 is 0 Å². The molecule has 0 spiro atoms. The number of nitrogens with two attached hydrogens (primary N) is 1. The molecule has 5 nitrogen and oxygen atoms in total. The number of nitrogens with one attached hydrogen (secondary N) is 1. The Morgan fingerprint density at radius 2 is 2.14 bits per heavy atom. The second-order valence-electron chi connectivity index (χ2n) is 4.78. The monoisotopic (exact) mass is 335 g/mol. The number of rotatable bonds is 5. The lowest BCUT2D eigenvalue weighted by Gasteiger charge is -2.21. The lowest BCUT2D eigenvalue weighted by molar-refractivity contribution is -0.119. The molecular formula is C14H23Cl2N3O2. The molecule has 2 rings (SSSR count). The third kappa shape index (κ3) is 5.26. The molecule has 1 atom stereocenters. The molecule has 1 heterocycles. The van der Waals surface area contributed by atoms with Crippen LogP contribution in [0.5, 0.6) is 5.75 Å². The third-order valence-electron chi connectivity index (χ3n) is 3.49. The average Bonchev–Trinajstić information content (AvgIpc) is 2.93. The SMILES string of the molecule is COc1ccccc1N1CCC(CNC(=O)CN)C1.Cl.Cl. The van der Waals surface area contributed by atoms with Gasteiger partial charge in [0, 0.05) is 19.6 Å². The van der Waals surface area contributed by atoms with E-state index >= 15 is 0 Å². The van der Waals surface area contributed by atoms with Crippen molar-refractivity contribution in [2.75, 3.05) is 38.2 Å². The zero-order valence-corrected chi connectivity index (χ0v) is 13.7. The van der Waals surface area contributed by atoms with E-state index in [1.807, 2.05) is 18.2 Å². The lowest BCUT2D eigenvalue weighted by atomic mass is 10.1. The first-order chi connectivity index (χ1) is 9.24. The molecule has 1 unspecified atom stereocenters. The first kappa shape index (κ1) is 19.8. The number of para-hydroxylation sites is 2. The summed E-state index contributed by atoms with van der Waals surface area (Å²) in [5, 5.41) is 2.85. The van der Waals surface area contributed by atoms with Crippen molar-refractivity contribution in [1.82, 2.24) is 5.32 Å². The van der Waals surface area contributed by atoms with E-state index in [0.717, 1.165) is 30.9 Å². The minimum absolute atomic E-state index is 0. The van der Waals surface area contributed by atoms with Gasteiger partial charge in [-0.3, -0.25) is 4.79 Å². The zero-order chi connectivity index (χ0) is 13.7. The highest BCUT2D eigenvalue weighted by Crippen LogP contribution is 2.31. The summed E-state index contributed by atoms with van der Waals surface area (Å²) in [4.78, 5) is 13.5. The summed E-state index contributed by atoms with van der Waals surface area (Å²) in [5.41, 5.74) is 6.40. The Bertz CT molecular complexity index is 446. The molecule has 1 aromatic carbocycles. The Morgan fingerprint density at radius 3 is 2.81 bits per heavy atom. The maximum atomic E-state index is 11.2. The smallest absolute Gasteiger partial charge is 0.233 e. The molecule has 21 heavy (non-hydrogen) atoms. The molecule has 1 fully saturated rings. The normalized spacial score (nSPS) is 16.7. The number of nitrogens with zero attached hydrogens (tertiary/aromatic N) is 1. The van der Waals surface area contributed by atoms with Crippen molar-refractivity contribution in [3.63, 3.8) is 0 Å². The van der Waals surface area contributed by atoms with Gasteiger partial charge in [-0.15, -0.1) is 24.8 Å². The van der Waals surface area contributed by atoms with Gasteiger partial charge < -0.3 is 20.7 Å². The van der Waals surface area contributed by atoms with Crippen molar-refractivity contribution < 1.29 is 9.53 Å². The van der Waals surface area contributed by atoms with Crippen LogP contribution in [0.25, 0.3) is 0 Å². The predicted octanol–water partition coefficient (Wildman–Crippen LogP) is 1.44. The molecule has 0 aliphatic carbocycles. The largest absolute Gasteiger partial charge is 0.495 e.